The van der Waals surface area contributed by atoms with Crippen LogP contribution in [0.25, 0.3) is 0 Å². The van der Waals surface area contributed by atoms with Crippen molar-refractivity contribution in [3.05, 3.63) is 22.5 Å². The lowest BCUT2D eigenvalue weighted by molar-refractivity contribution is -0.0353. The van der Waals surface area contributed by atoms with E-state index in [4.69, 9.17) is 10.5 Å². The van der Waals surface area contributed by atoms with Crippen molar-refractivity contribution in [1.29, 1.82) is 0 Å². The number of anilines is 1. The zero-order chi connectivity index (χ0) is 12.7. The molecule has 2 heterocycles. The molecule has 0 saturated carbocycles. The number of aliphatic hydroxyl groups excluding tert-OH is 1. The highest BCUT2D eigenvalue weighted by Crippen LogP contribution is 2.32. The molecule has 0 amide bonds. The van der Waals surface area contributed by atoms with Crippen LogP contribution in [0.5, 0.6) is 0 Å². The summed E-state index contributed by atoms with van der Waals surface area (Å²) in [5.41, 5.74) is 4.43. The minimum absolute atomic E-state index is 0.146. The Labute approximate surface area is 96.8 Å². The van der Waals surface area contributed by atoms with Crippen LogP contribution in [0.15, 0.2) is 11.0 Å². The number of nitrogen functional groups attached to an aromatic ring is 1. The number of ether oxygens (including phenoxy) is 1. The molecule has 94 valence electrons. The van der Waals surface area contributed by atoms with Crippen molar-refractivity contribution in [3.63, 3.8) is 0 Å². The monoisotopic (exact) mass is 243 g/mol. The first-order valence-corrected chi connectivity index (χ1v) is 5.29. The molecule has 1 aliphatic heterocycles. The zero-order valence-electron chi connectivity index (χ0n) is 9.50. The molecule has 17 heavy (non-hydrogen) atoms. The second-order valence-corrected chi connectivity index (χ2v) is 4.25. The number of nitrogens with zero attached hydrogens (tertiary/aromatic N) is 2. The summed E-state index contributed by atoms with van der Waals surface area (Å²) < 4.78 is 19.6. The van der Waals surface area contributed by atoms with Crippen LogP contribution in [-0.4, -0.2) is 26.9 Å². The molecule has 0 spiro atoms. The summed E-state index contributed by atoms with van der Waals surface area (Å²) >= 11 is 0. The van der Waals surface area contributed by atoms with Crippen molar-refractivity contribution < 1.29 is 14.2 Å². The lowest BCUT2D eigenvalue weighted by atomic mass is 10.0. The number of hydrogen-bond donors (Lipinski definition) is 2. The average molecular weight is 243 g/mol. The van der Waals surface area contributed by atoms with Crippen LogP contribution in [0, 0.1) is 11.7 Å². The van der Waals surface area contributed by atoms with Gasteiger partial charge in [-0.05, 0) is 6.92 Å². The Kier molecular flexibility index (Phi) is 2.88. The normalized spacial score (nSPS) is 32.9. The Balaban J connectivity index is 2.42. The zero-order valence-corrected chi connectivity index (χ0v) is 9.50. The number of hydrogen-bond acceptors (Lipinski definition) is 5. The van der Waals surface area contributed by atoms with Crippen LogP contribution in [-0.2, 0) is 4.74 Å². The summed E-state index contributed by atoms with van der Waals surface area (Å²) in [5.74, 6) is -1.42. The van der Waals surface area contributed by atoms with Crippen molar-refractivity contribution in [2.24, 2.45) is 5.92 Å². The third kappa shape index (κ3) is 1.91. The molecular weight excluding hydrogens is 229 g/mol. The van der Waals surface area contributed by atoms with Crippen LogP contribution in [0.2, 0.25) is 0 Å². The molecule has 0 aromatic carbocycles. The van der Waals surface area contributed by atoms with E-state index in [1.807, 2.05) is 0 Å². The van der Waals surface area contributed by atoms with E-state index in [-0.39, 0.29) is 12.0 Å². The van der Waals surface area contributed by atoms with Crippen LogP contribution in [0.3, 0.4) is 0 Å². The Morgan fingerprint density at radius 1 is 1.59 bits per heavy atom. The van der Waals surface area contributed by atoms with Gasteiger partial charge < -0.3 is 15.6 Å². The molecule has 2 rings (SSSR count). The van der Waals surface area contributed by atoms with Gasteiger partial charge in [-0.1, -0.05) is 6.92 Å². The van der Waals surface area contributed by atoms with E-state index < -0.39 is 29.7 Å². The minimum Gasteiger partial charge on any atom is -0.388 e. The maximum atomic E-state index is 13.2. The maximum Gasteiger partial charge on any atom is 0.351 e. The molecule has 4 atom stereocenters. The van der Waals surface area contributed by atoms with E-state index >= 15 is 0 Å². The lowest BCUT2D eigenvalue weighted by Gasteiger charge is -2.17. The molecule has 1 fully saturated rings. The fourth-order valence-corrected chi connectivity index (χ4v) is 1.83. The Morgan fingerprint density at radius 2 is 2.24 bits per heavy atom. The fraction of sp³-hybridized carbons (Fsp3) is 0.600. The maximum absolute atomic E-state index is 13.2. The number of rotatable bonds is 1. The van der Waals surface area contributed by atoms with E-state index in [1.165, 1.54) is 0 Å². The molecule has 7 heteroatoms. The summed E-state index contributed by atoms with van der Waals surface area (Å²) in [7, 11) is 0. The van der Waals surface area contributed by atoms with Crippen LogP contribution in [0.4, 0.5) is 10.2 Å². The Hall–Kier alpha value is -1.47. The summed E-state index contributed by atoms with van der Waals surface area (Å²) in [5, 5.41) is 9.90. The largest absolute Gasteiger partial charge is 0.388 e. The van der Waals surface area contributed by atoms with Gasteiger partial charge in [0.15, 0.2) is 17.9 Å². The highest BCUT2D eigenvalue weighted by Gasteiger charge is 2.40. The van der Waals surface area contributed by atoms with Gasteiger partial charge in [-0.25, -0.2) is 9.18 Å². The van der Waals surface area contributed by atoms with Gasteiger partial charge in [0.05, 0.1) is 12.3 Å². The molecule has 0 unspecified atom stereocenters. The van der Waals surface area contributed by atoms with E-state index in [0.29, 0.717) is 0 Å². The first-order chi connectivity index (χ1) is 7.91. The first kappa shape index (κ1) is 12.0. The Bertz CT molecular complexity index is 490. The molecule has 1 aromatic rings. The first-order valence-electron chi connectivity index (χ1n) is 5.29. The van der Waals surface area contributed by atoms with Crippen LogP contribution in [0.1, 0.15) is 20.1 Å². The smallest absolute Gasteiger partial charge is 0.351 e. The molecule has 1 aromatic heterocycles. The van der Waals surface area contributed by atoms with Crippen molar-refractivity contribution >= 4 is 5.82 Å². The number of aromatic nitrogens is 2. The molecule has 6 nitrogen and oxygen atoms in total. The predicted octanol–water partition coefficient (Wildman–Crippen LogP) is -0.121. The summed E-state index contributed by atoms with van der Waals surface area (Å²) in [6.07, 6.45) is -1.12. The van der Waals surface area contributed by atoms with E-state index in [1.54, 1.807) is 13.8 Å². The summed E-state index contributed by atoms with van der Waals surface area (Å²) in [6, 6.07) is 0. The quantitative estimate of drug-likeness (QED) is 0.717. The second kappa shape index (κ2) is 4.08. The van der Waals surface area contributed by atoms with Gasteiger partial charge in [-0.2, -0.15) is 4.98 Å². The molecule has 3 N–H and O–H groups in total. The van der Waals surface area contributed by atoms with E-state index in [0.717, 1.165) is 10.8 Å². The highest BCUT2D eigenvalue weighted by molar-refractivity contribution is 5.26. The topological polar surface area (TPSA) is 90.4 Å². The van der Waals surface area contributed by atoms with Gasteiger partial charge in [0, 0.05) is 5.92 Å². The molecule has 1 aliphatic rings. The van der Waals surface area contributed by atoms with Gasteiger partial charge in [0.1, 0.15) is 6.10 Å². The highest BCUT2D eigenvalue weighted by atomic mass is 19.1. The van der Waals surface area contributed by atoms with Gasteiger partial charge in [-0.3, -0.25) is 4.57 Å². The third-order valence-corrected chi connectivity index (χ3v) is 3.13. The number of halogens is 1. The lowest BCUT2D eigenvalue weighted by Crippen LogP contribution is -2.33. The fourth-order valence-electron chi connectivity index (χ4n) is 1.83. The van der Waals surface area contributed by atoms with Gasteiger partial charge >= 0.3 is 5.69 Å². The molecule has 0 aliphatic carbocycles. The van der Waals surface area contributed by atoms with Gasteiger partial charge in [-0.15, -0.1) is 0 Å². The van der Waals surface area contributed by atoms with Crippen LogP contribution >= 0.6 is 0 Å². The Morgan fingerprint density at radius 3 is 2.76 bits per heavy atom. The standard InChI is InChI=1S/C10H14FN3O3/c1-4-5(2)17-9(7(4)15)14-3-6(11)8(12)13-10(14)16/h3-5,7,9,15H,1-2H3,(H2,12,13,16)/t4-,5-,7-,9-/m1/s1. The van der Waals surface area contributed by atoms with Crippen molar-refractivity contribution in [3.8, 4) is 0 Å². The summed E-state index contributed by atoms with van der Waals surface area (Å²) in [4.78, 5) is 14.9. The number of aliphatic hydroxyl groups is 1. The molecule has 1 saturated heterocycles. The van der Waals surface area contributed by atoms with Crippen molar-refractivity contribution in [1.82, 2.24) is 9.55 Å². The van der Waals surface area contributed by atoms with Crippen molar-refractivity contribution in [2.75, 3.05) is 5.73 Å². The minimum atomic E-state index is -0.921. The summed E-state index contributed by atoms with van der Waals surface area (Å²) in [6.45, 7) is 3.57. The third-order valence-electron chi connectivity index (χ3n) is 3.13. The second-order valence-electron chi connectivity index (χ2n) is 4.25. The average Bonchev–Trinajstić information content (AvgIpc) is 2.51. The molecule has 0 bridgehead atoms. The van der Waals surface area contributed by atoms with Gasteiger partial charge in [0.2, 0.25) is 0 Å². The van der Waals surface area contributed by atoms with E-state index in [2.05, 4.69) is 4.98 Å². The molecular formula is C10H14FN3O3. The SMILES string of the molecule is C[C@H]1[C@@H](O)[C@H](n2cc(F)c(N)nc2=O)O[C@@H]1C. The van der Waals surface area contributed by atoms with Crippen molar-refractivity contribution in [2.45, 2.75) is 32.3 Å². The number of nitrogens with two attached hydrogens (primary N) is 1. The van der Waals surface area contributed by atoms with Gasteiger partial charge in [0.25, 0.3) is 0 Å². The van der Waals surface area contributed by atoms with E-state index in [9.17, 15) is 14.3 Å². The van der Waals surface area contributed by atoms with Crippen LogP contribution < -0.4 is 11.4 Å². The molecule has 0 radical (unpaired) electrons. The predicted molar refractivity (Wildman–Crippen MR) is 57.6 cm³/mol.